The van der Waals surface area contributed by atoms with Crippen LogP contribution in [0.4, 0.5) is 10.1 Å². The summed E-state index contributed by atoms with van der Waals surface area (Å²) in [7, 11) is 0. The largest absolute Gasteiger partial charge is 0.375 e. The van der Waals surface area contributed by atoms with Gasteiger partial charge in [0.15, 0.2) is 0 Å². The summed E-state index contributed by atoms with van der Waals surface area (Å²) in [6, 6.07) is 5.01. The Kier molecular flexibility index (Phi) is 3.97. The van der Waals surface area contributed by atoms with Crippen LogP contribution in [0.1, 0.15) is 18.9 Å². The Hall–Kier alpha value is -1.13. The predicted octanol–water partition coefficient (Wildman–Crippen LogP) is 1.90. The van der Waals surface area contributed by atoms with E-state index in [0.29, 0.717) is 13.2 Å². The summed E-state index contributed by atoms with van der Waals surface area (Å²) in [5, 5.41) is 0. The first-order valence-electron chi connectivity index (χ1n) is 6.09. The molecule has 17 heavy (non-hydrogen) atoms. The lowest BCUT2D eigenvalue weighted by molar-refractivity contribution is 0.0384. The number of benzene rings is 1. The van der Waals surface area contributed by atoms with Gasteiger partial charge in [0, 0.05) is 25.3 Å². The molecule has 0 aromatic heterocycles. The van der Waals surface area contributed by atoms with E-state index >= 15 is 0 Å². The average molecular weight is 238 g/mol. The molecule has 1 saturated heterocycles. The third kappa shape index (κ3) is 2.96. The maximum absolute atomic E-state index is 13.4. The first kappa shape index (κ1) is 12.3. The SMILES string of the molecule is CCC1CN(c2cc(F)cc(CN)c2)CCO1. The molecule has 1 aromatic rings. The maximum Gasteiger partial charge on any atom is 0.125 e. The maximum atomic E-state index is 13.4. The summed E-state index contributed by atoms with van der Waals surface area (Å²) in [6.07, 6.45) is 1.23. The molecule has 0 amide bonds. The highest BCUT2D eigenvalue weighted by atomic mass is 19.1. The van der Waals surface area contributed by atoms with E-state index in [1.165, 1.54) is 6.07 Å². The van der Waals surface area contributed by atoms with E-state index in [-0.39, 0.29) is 11.9 Å². The van der Waals surface area contributed by atoms with Crippen molar-refractivity contribution in [2.24, 2.45) is 5.73 Å². The number of nitrogens with two attached hydrogens (primary N) is 1. The highest BCUT2D eigenvalue weighted by Gasteiger charge is 2.19. The smallest absolute Gasteiger partial charge is 0.125 e. The van der Waals surface area contributed by atoms with Gasteiger partial charge in [-0.05, 0) is 30.2 Å². The van der Waals surface area contributed by atoms with Crippen LogP contribution in [0.5, 0.6) is 0 Å². The molecule has 0 saturated carbocycles. The van der Waals surface area contributed by atoms with Crippen molar-refractivity contribution in [3.05, 3.63) is 29.6 Å². The Morgan fingerprint density at radius 2 is 2.29 bits per heavy atom. The van der Waals surface area contributed by atoms with Crippen molar-refractivity contribution in [1.82, 2.24) is 0 Å². The molecular weight excluding hydrogens is 219 g/mol. The lowest BCUT2D eigenvalue weighted by Gasteiger charge is -2.34. The topological polar surface area (TPSA) is 38.5 Å². The van der Waals surface area contributed by atoms with E-state index in [9.17, 15) is 4.39 Å². The van der Waals surface area contributed by atoms with E-state index in [1.807, 2.05) is 6.07 Å². The van der Waals surface area contributed by atoms with Gasteiger partial charge in [0.1, 0.15) is 5.82 Å². The van der Waals surface area contributed by atoms with Crippen molar-refractivity contribution in [3.63, 3.8) is 0 Å². The molecule has 4 heteroatoms. The van der Waals surface area contributed by atoms with Gasteiger partial charge in [-0.15, -0.1) is 0 Å². The molecule has 0 bridgehead atoms. The van der Waals surface area contributed by atoms with E-state index < -0.39 is 0 Å². The highest BCUT2D eigenvalue weighted by molar-refractivity contribution is 5.49. The van der Waals surface area contributed by atoms with Gasteiger partial charge in [-0.25, -0.2) is 4.39 Å². The van der Waals surface area contributed by atoms with Crippen molar-refractivity contribution in [2.45, 2.75) is 26.0 Å². The van der Waals surface area contributed by atoms with Crippen molar-refractivity contribution in [3.8, 4) is 0 Å². The third-order valence-corrected chi connectivity index (χ3v) is 3.14. The Morgan fingerprint density at radius 3 is 3.00 bits per heavy atom. The van der Waals surface area contributed by atoms with Crippen LogP contribution >= 0.6 is 0 Å². The normalized spacial score (nSPS) is 20.6. The zero-order valence-corrected chi connectivity index (χ0v) is 10.2. The molecule has 3 nitrogen and oxygen atoms in total. The van der Waals surface area contributed by atoms with E-state index in [4.69, 9.17) is 10.5 Å². The standard InChI is InChI=1S/C13H19FN2O/c1-2-13-9-16(3-4-17-13)12-6-10(8-15)5-11(14)7-12/h5-7,13H,2-4,8-9,15H2,1H3. The van der Waals surface area contributed by atoms with Gasteiger partial charge in [-0.1, -0.05) is 6.92 Å². The van der Waals surface area contributed by atoms with E-state index in [0.717, 1.165) is 30.8 Å². The molecule has 1 heterocycles. The summed E-state index contributed by atoms with van der Waals surface area (Å²) >= 11 is 0. The molecular formula is C13H19FN2O. The number of ether oxygens (including phenoxy) is 1. The van der Waals surface area contributed by atoms with Crippen LogP contribution in [0.2, 0.25) is 0 Å². The van der Waals surface area contributed by atoms with Crippen LogP contribution in [-0.2, 0) is 11.3 Å². The Labute approximate surface area is 101 Å². The molecule has 2 rings (SSSR count). The van der Waals surface area contributed by atoms with Crippen molar-refractivity contribution in [2.75, 3.05) is 24.6 Å². The van der Waals surface area contributed by atoms with Crippen LogP contribution < -0.4 is 10.6 Å². The number of hydrogen-bond donors (Lipinski definition) is 1. The lowest BCUT2D eigenvalue weighted by atomic mass is 10.1. The number of hydrogen-bond acceptors (Lipinski definition) is 3. The van der Waals surface area contributed by atoms with Crippen molar-refractivity contribution in [1.29, 1.82) is 0 Å². The van der Waals surface area contributed by atoms with Gasteiger partial charge >= 0.3 is 0 Å². The van der Waals surface area contributed by atoms with Crippen LogP contribution in [0.25, 0.3) is 0 Å². The Morgan fingerprint density at radius 1 is 1.47 bits per heavy atom. The fourth-order valence-electron chi connectivity index (χ4n) is 2.13. The first-order chi connectivity index (χ1) is 8.22. The molecule has 2 N–H and O–H groups in total. The minimum atomic E-state index is -0.220. The number of rotatable bonds is 3. The highest BCUT2D eigenvalue weighted by Crippen LogP contribution is 2.21. The van der Waals surface area contributed by atoms with Crippen LogP contribution in [0.3, 0.4) is 0 Å². The number of nitrogens with zero attached hydrogens (tertiary/aromatic N) is 1. The zero-order valence-electron chi connectivity index (χ0n) is 10.2. The molecule has 0 aliphatic carbocycles. The molecule has 1 atom stereocenters. The number of anilines is 1. The second-order valence-electron chi connectivity index (χ2n) is 4.37. The lowest BCUT2D eigenvalue weighted by Crippen LogP contribution is -2.42. The number of halogens is 1. The van der Waals surface area contributed by atoms with Gasteiger partial charge in [-0.2, -0.15) is 0 Å². The van der Waals surface area contributed by atoms with Crippen molar-refractivity contribution < 1.29 is 9.13 Å². The molecule has 0 spiro atoms. The molecule has 1 unspecified atom stereocenters. The summed E-state index contributed by atoms with van der Waals surface area (Å²) in [5.74, 6) is -0.220. The summed E-state index contributed by atoms with van der Waals surface area (Å²) < 4.78 is 19.0. The number of morpholine rings is 1. The fraction of sp³-hybridized carbons (Fsp3) is 0.538. The quantitative estimate of drug-likeness (QED) is 0.874. The Bertz CT molecular complexity index is 384. The minimum Gasteiger partial charge on any atom is -0.375 e. The minimum absolute atomic E-state index is 0.220. The van der Waals surface area contributed by atoms with Gasteiger partial charge in [0.2, 0.25) is 0 Å². The second kappa shape index (κ2) is 5.47. The van der Waals surface area contributed by atoms with Crippen LogP contribution in [0, 0.1) is 5.82 Å². The monoisotopic (exact) mass is 238 g/mol. The van der Waals surface area contributed by atoms with Gasteiger partial charge < -0.3 is 15.4 Å². The molecule has 0 radical (unpaired) electrons. The molecule has 1 aliphatic heterocycles. The molecule has 94 valence electrons. The van der Waals surface area contributed by atoms with Crippen LogP contribution in [-0.4, -0.2) is 25.8 Å². The van der Waals surface area contributed by atoms with Gasteiger partial charge in [0.05, 0.1) is 12.7 Å². The molecule has 1 aromatic carbocycles. The summed E-state index contributed by atoms with van der Waals surface area (Å²) in [4.78, 5) is 2.17. The van der Waals surface area contributed by atoms with Crippen LogP contribution in [0.15, 0.2) is 18.2 Å². The summed E-state index contributed by atoms with van der Waals surface area (Å²) in [5.41, 5.74) is 7.30. The van der Waals surface area contributed by atoms with Gasteiger partial charge in [-0.3, -0.25) is 0 Å². The molecule has 1 fully saturated rings. The fourth-order valence-corrected chi connectivity index (χ4v) is 2.13. The first-order valence-corrected chi connectivity index (χ1v) is 6.09. The molecule has 1 aliphatic rings. The van der Waals surface area contributed by atoms with Crippen molar-refractivity contribution >= 4 is 5.69 Å². The van der Waals surface area contributed by atoms with E-state index in [2.05, 4.69) is 11.8 Å². The second-order valence-corrected chi connectivity index (χ2v) is 4.37. The Balaban J connectivity index is 2.18. The summed E-state index contributed by atoms with van der Waals surface area (Å²) in [6.45, 7) is 4.80. The predicted molar refractivity (Wildman–Crippen MR) is 66.5 cm³/mol. The zero-order chi connectivity index (χ0) is 12.3. The average Bonchev–Trinajstić information content (AvgIpc) is 2.38. The van der Waals surface area contributed by atoms with E-state index in [1.54, 1.807) is 6.07 Å². The third-order valence-electron chi connectivity index (χ3n) is 3.14. The van der Waals surface area contributed by atoms with Gasteiger partial charge in [0.25, 0.3) is 0 Å².